The second-order valence-electron chi connectivity index (χ2n) is 8.04. The van der Waals surface area contributed by atoms with Gasteiger partial charge in [-0.05, 0) is 81.0 Å². The lowest BCUT2D eigenvalue weighted by molar-refractivity contribution is 0.0698. The van der Waals surface area contributed by atoms with E-state index in [2.05, 4.69) is 29.1 Å². The second kappa shape index (κ2) is 10.1. The summed E-state index contributed by atoms with van der Waals surface area (Å²) in [5.41, 5.74) is 10.3. The fourth-order valence-corrected chi connectivity index (χ4v) is 4.50. The van der Waals surface area contributed by atoms with Gasteiger partial charge in [-0.15, -0.1) is 0 Å². The first kappa shape index (κ1) is 24.2. The largest absolute Gasteiger partial charge is 0.478 e. The first-order valence-electron chi connectivity index (χ1n) is 11.6. The number of rotatable bonds is 7. The Balaban J connectivity index is 2.11. The third-order valence-corrected chi connectivity index (χ3v) is 6.05. The third kappa shape index (κ3) is 4.83. The summed E-state index contributed by atoms with van der Waals surface area (Å²) in [4.78, 5) is 19.0. The molecule has 0 unspecified atom stereocenters. The highest BCUT2D eigenvalue weighted by molar-refractivity contribution is 7.80. The Morgan fingerprint density at radius 2 is 1.83 bits per heavy atom. The maximum absolute atomic E-state index is 12.2. The lowest BCUT2D eigenvalue weighted by atomic mass is 9.90. The molecule has 0 atom stereocenters. The molecule has 180 valence electrons. The fraction of sp³-hybridized carbons (Fsp3) is 0.222. The van der Waals surface area contributed by atoms with Crippen LogP contribution in [0.25, 0.3) is 33.4 Å². The highest BCUT2D eigenvalue weighted by Gasteiger charge is 2.22. The smallest absolute Gasteiger partial charge is 0.336 e. The zero-order valence-electron chi connectivity index (χ0n) is 20.0. The maximum atomic E-state index is 12.2. The van der Waals surface area contributed by atoms with Gasteiger partial charge in [-0.1, -0.05) is 0 Å². The number of aromatic carboxylic acids is 1. The van der Waals surface area contributed by atoms with E-state index in [1.165, 1.54) is 0 Å². The van der Waals surface area contributed by atoms with Crippen molar-refractivity contribution in [3.05, 3.63) is 65.5 Å². The van der Waals surface area contributed by atoms with Crippen molar-refractivity contribution >= 4 is 45.6 Å². The summed E-state index contributed by atoms with van der Waals surface area (Å²) >= 11 is 5.00. The summed E-state index contributed by atoms with van der Waals surface area (Å²) < 4.78 is 6.38. The molecule has 0 saturated carbocycles. The lowest BCUT2D eigenvalue weighted by Crippen LogP contribution is -2.21. The summed E-state index contributed by atoms with van der Waals surface area (Å²) in [5, 5.41) is 14.7. The molecule has 2 aliphatic rings. The van der Waals surface area contributed by atoms with Crippen LogP contribution in [0.4, 0.5) is 11.4 Å². The van der Waals surface area contributed by atoms with Crippen molar-refractivity contribution in [2.45, 2.75) is 20.8 Å². The van der Waals surface area contributed by atoms with Crippen LogP contribution in [-0.2, 0) is 0 Å². The molecule has 1 aliphatic heterocycles. The number of hydrogen-bond donors (Lipinski definition) is 3. The van der Waals surface area contributed by atoms with E-state index in [9.17, 15) is 9.90 Å². The molecule has 0 amide bonds. The number of carboxylic acid groups (broad SMARTS) is 1. The van der Waals surface area contributed by atoms with Crippen LogP contribution >= 0.6 is 12.2 Å². The van der Waals surface area contributed by atoms with Crippen molar-refractivity contribution in [3.63, 3.8) is 0 Å². The van der Waals surface area contributed by atoms with Gasteiger partial charge < -0.3 is 25.5 Å². The first-order chi connectivity index (χ1) is 16.9. The van der Waals surface area contributed by atoms with Crippen molar-refractivity contribution in [2.24, 2.45) is 10.7 Å². The van der Waals surface area contributed by atoms with E-state index < -0.39 is 5.97 Å². The standard InChI is InChI=1S/C27H28N4O3S/c1-4-29-16-7-11-20-23(14-16)34-24-15-18(31(5-2)6-3)9-12-21(24)25(20)22-13-17(30-27(28)35)8-10-19(22)26(32)33/h7-15H,4-6H2,1-3H3,(H,32,33)(H3,28,30,35)/b29-16+. The number of nitrogens with one attached hydrogen (secondary N) is 1. The Bertz CT molecular complexity index is 1460. The van der Waals surface area contributed by atoms with Gasteiger partial charge in [0, 0.05) is 59.7 Å². The van der Waals surface area contributed by atoms with Crippen LogP contribution in [0.3, 0.4) is 0 Å². The molecule has 0 aromatic heterocycles. The van der Waals surface area contributed by atoms with Gasteiger partial charge in [0.25, 0.3) is 0 Å². The van der Waals surface area contributed by atoms with Crippen LogP contribution in [0, 0.1) is 0 Å². The van der Waals surface area contributed by atoms with Crippen LogP contribution in [0.5, 0.6) is 0 Å². The summed E-state index contributed by atoms with van der Waals surface area (Å²) in [6.45, 7) is 8.55. The molecule has 0 spiro atoms. The number of nitrogens with zero attached hydrogens (tertiary/aromatic N) is 2. The fourth-order valence-electron chi connectivity index (χ4n) is 4.38. The summed E-state index contributed by atoms with van der Waals surface area (Å²) in [6, 6.07) is 16.8. The Morgan fingerprint density at radius 3 is 2.49 bits per heavy atom. The van der Waals surface area contributed by atoms with Gasteiger partial charge in [-0.2, -0.15) is 0 Å². The highest BCUT2D eigenvalue weighted by atomic mass is 32.1. The number of anilines is 2. The van der Waals surface area contributed by atoms with Crippen LogP contribution in [0.1, 0.15) is 31.1 Å². The monoisotopic (exact) mass is 488 g/mol. The van der Waals surface area contributed by atoms with E-state index in [-0.39, 0.29) is 10.7 Å². The maximum Gasteiger partial charge on any atom is 0.336 e. The molecule has 0 radical (unpaired) electrons. The van der Waals surface area contributed by atoms with Gasteiger partial charge in [-0.3, -0.25) is 4.99 Å². The van der Waals surface area contributed by atoms with Gasteiger partial charge in [0.2, 0.25) is 0 Å². The van der Waals surface area contributed by atoms with E-state index in [4.69, 9.17) is 22.4 Å². The number of benzene rings is 3. The average Bonchev–Trinajstić information content (AvgIpc) is 2.82. The molecule has 7 nitrogen and oxygen atoms in total. The molecule has 2 aromatic carbocycles. The molecule has 8 heteroatoms. The Kier molecular flexibility index (Phi) is 7.02. The minimum absolute atomic E-state index is 0.103. The molecule has 0 saturated heterocycles. The predicted octanol–water partition coefficient (Wildman–Crippen LogP) is 5.33. The Morgan fingerprint density at radius 1 is 1.06 bits per heavy atom. The van der Waals surface area contributed by atoms with Gasteiger partial charge in [-0.25, -0.2) is 4.79 Å². The molecule has 35 heavy (non-hydrogen) atoms. The Labute approximate surface area is 209 Å². The van der Waals surface area contributed by atoms with E-state index >= 15 is 0 Å². The number of thiocarbonyl (C=S) groups is 1. The summed E-state index contributed by atoms with van der Waals surface area (Å²) in [6.07, 6.45) is 0. The number of hydrogen-bond acceptors (Lipinski definition) is 5. The Hall–Kier alpha value is -3.91. The van der Waals surface area contributed by atoms with Gasteiger partial charge in [0.05, 0.1) is 10.9 Å². The predicted molar refractivity (Wildman–Crippen MR) is 145 cm³/mol. The first-order valence-corrected chi connectivity index (χ1v) is 12.0. The van der Waals surface area contributed by atoms with Gasteiger partial charge in [0.15, 0.2) is 5.11 Å². The van der Waals surface area contributed by atoms with Gasteiger partial charge in [0.1, 0.15) is 11.3 Å². The van der Waals surface area contributed by atoms with Crippen LogP contribution in [0.2, 0.25) is 0 Å². The van der Waals surface area contributed by atoms with E-state index in [1.807, 2.05) is 43.3 Å². The lowest BCUT2D eigenvalue weighted by Gasteiger charge is -2.23. The zero-order chi connectivity index (χ0) is 25.1. The van der Waals surface area contributed by atoms with E-state index in [1.54, 1.807) is 18.2 Å². The van der Waals surface area contributed by atoms with Crippen molar-refractivity contribution in [1.29, 1.82) is 0 Å². The number of carbonyl (C=O) groups is 1. The molecule has 4 rings (SSSR count). The quantitative estimate of drug-likeness (QED) is 0.239. The molecule has 0 bridgehead atoms. The topological polar surface area (TPSA) is 104 Å². The molecule has 1 heterocycles. The highest BCUT2D eigenvalue weighted by Crippen LogP contribution is 2.42. The van der Waals surface area contributed by atoms with Crippen LogP contribution in [-0.4, -0.2) is 35.8 Å². The molecule has 2 aromatic rings. The average molecular weight is 489 g/mol. The molecule has 1 aliphatic carbocycles. The van der Waals surface area contributed by atoms with Crippen LogP contribution < -0.4 is 21.3 Å². The van der Waals surface area contributed by atoms with Crippen molar-refractivity contribution < 1.29 is 14.3 Å². The van der Waals surface area contributed by atoms with E-state index in [0.29, 0.717) is 29.1 Å². The molecule has 0 fully saturated rings. The van der Waals surface area contributed by atoms with Crippen molar-refractivity contribution in [3.8, 4) is 22.5 Å². The normalized spacial score (nSPS) is 11.7. The number of fused-ring (bicyclic) bond motifs is 2. The second-order valence-corrected chi connectivity index (χ2v) is 8.48. The summed E-state index contributed by atoms with van der Waals surface area (Å²) in [5.74, 6) is -0.399. The minimum Gasteiger partial charge on any atom is -0.478 e. The summed E-state index contributed by atoms with van der Waals surface area (Å²) in [7, 11) is 0. The number of nitrogens with two attached hydrogens (primary N) is 1. The van der Waals surface area contributed by atoms with Crippen molar-refractivity contribution in [1.82, 2.24) is 0 Å². The molecule has 4 N–H and O–H groups in total. The SMILES string of the molecule is CC/N=c1\ccc2c(-c3cc(NC(N)=S)ccc3C(=O)O)c3ccc(N(CC)CC)cc3oc-2c1. The zero-order valence-corrected chi connectivity index (χ0v) is 20.8. The number of carboxylic acids is 1. The molecular weight excluding hydrogens is 460 g/mol. The minimum atomic E-state index is -1.03. The van der Waals surface area contributed by atoms with E-state index in [0.717, 1.165) is 40.6 Å². The third-order valence-electron chi connectivity index (χ3n) is 5.95. The van der Waals surface area contributed by atoms with Crippen molar-refractivity contribution in [2.75, 3.05) is 29.9 Å². The van der Waals surface area contributed by atoms with Crippen LogP contribution in [0.15, 0.2) is 64.0 Å². The molecular formula is C27H28N4O3S. The van der Waals surface area contributed by atoms with Gasteiger partial charge >= 0.3 is 5.97 Å².